The molecule has 1 aliphatic rings. The van der Waals surface area contributed by atoms with Crippen molar-refractivity contribution < 1.29 is 4.74 Å². The van der Waals surface area contributed by atoms with Gasteiger partial charge in [-0.2, -0.15) is 0 Å². The lowest BCUT2D eigenvalue weighted by Gasteiger charge is -2.26. The van der Waals surface area contributed by atoms with Crippen LogP contribution in [0.15, 0.2) is 29.3 Å². The van der Waals surface area contributed by atoms with Crippen LogP contribution >= 0.6 is 0 Å². The van der Waals surface area contributed by atoms with Crippen LogP contribution in [0.1, 0.15) is 44.2 Å². The minimum Gasteiger partial charge on any atom is -0.493 e. The Labute approximate surface area is 115 Å². The van der Waals surface area contributed by atoms with E-state index in [-0.39, 0.29) is 6.04 Å². The Morgan fingerprint density at radius 1 is 1.42 bits per heavy atom. The largest absolute Gasteiger partial charge is 0.493 e. The first kappa shape index (κ1) is 13.7. The van der Waals surface area contributed by atoms with Crippen molar-refractivity contribution in [2.75, 3.05) is 13.2 Å². The molecule has 0 saturated carbocycles. The predicted octanol–water partition coefficient (Wildman–Crippen LogP) is 2.60. The number of guanidine groups is 1. The molecule has 2 rings (SSSR count). The van der Waals surface area contributed by atoms with E-state index in [1.807, 2.05) is 18.2 Å². The van der Waals surface area contributed by atoms with Crippen molar-refractivity contribution in [3.05, 3.63) is 29.8 Å². The summed E-state index contributed by atoms with van der Waals surface area (Å²) in [5, 5.41) is 3.30. The van der Waals surface area contributed by atoms with Crippen LogP contribution in [0.4, 0.5) is 0 Å². The fraction of sp³-hybridized carbons (Fsp3) is 0.533. The van der Waals surface area contributed by atoms with Gasteiger partial charge >= 0.3 is 0 Å². The number of fused-ring (bicyclic) bond motifs is 1. The molecule has 0 aliphatic carbocycles. The number of hydrogen-bond donors (Lipinski definition) is 2. The molecule has 0 aromatic heterocycles. The van der Waals surface area contributed by atoms with Crippen LogP contribution in [0.2, 0.25) is 0 Å². The van der Waals surface area contributed by atoms with E-state index in [4.69, 9.17) is 10.5 Å². The van der Waals surface area contributed by atoms with Crippen molar-refractivity contribution in [2.24, 2.45) is 10.7 Å². The maximum atomic E-state index is 5.94. The van der Waals surface area contributed by atoms with Crippen LogP contribution < -0.4 is 15.8 Å². The fourth-order valence-corrected chi connectivity index (χ4v) is 2.28. The zero-order valence-electron chi connectivity index (χ0n) is 11.6. The summed E-state index contributed by atoms with van der Waals surface area (Å²) in [7, 11) is 0. The van der Waals surface area contributed by atoms with Gasteiger partial charge in [-0.25, -0.2) is 0 Å². The second-order valence-electron chi connectivity index (χ2n) is 4.85. The number of nitrogens with one attached hydrogen (secondary N) is 1. The molecule has 1 unspecified atom stereocenters. The Kier molecular flexibility index (Phi) is 5.07. The minimum atomic E-state index is 0.208. The smallest absolute Gasteiger partial charge is 0.189 e. The molecule has 1 aliphatic heterocycles. The molecule has 0 fully saturated rings. The molecule has 0 spiro atoms. The Morgan fingerprint density at radius 2 is 2.26 bits per heavy atom. The van der Waals surface area contributed by atoms with Crippen molar-refractivity contribution in [3.8, 4) is 5.75 Å². The van der Waals surface area contributed by atoms with Gasteiger partial charge in [0.25, 0.3) is 0 Å². The van der Waals surface area contributed by atoms with Crippen molar-refractivity contribution in [2.45, 2.75) is 38.6 Å². The van der Waals surface area contributed by atoms with E-state index in [0.29, 0.717) is 5.96 Å². The van der Waals surface area contributed by atoms with Crippen LogP contribution in [0, 0.1) is 0 Å². The third-order valence-electron chi connectivity index (χ3n) is 3.32. The molecular weight excluding hydrogens is 238 g/mol. The molecule has 104 valence electrons. The zero-order chi connectivity index (χ0) is 13.5. The SMILES string of the molecule is CCCCCN=C(N)NC1CCOc2ccccc21. The van der Waals surface area contributed by atoms with E-state index >= 15 is 0 Å². The highest BCUT2D eigenvalue weighted by molar-refractivity contribution is 5.78. The quantitative estimate of drug-likeness (QED) is 0.486. The van der Waals surface area contributed by atoms with Gasteiger partial charge in [0.05, 0.1) is 12.6 Å². The van der Waals surface area contributed by atoms with Gasteiger partial charge in [0, 0.05) is 18.5 Å². The Balaban J connectivity index is 1.93. The minimum absolute atomic E-state index is 0.208. The van der Waals surface area contributed by atoms with E-state index in [0.717, 1.165) is 31.7 Å². The summed E-state index contributed by atoms with van der Waals surface area (Å²) in [4.78, 5) is 4.37. The normalized spacial score (nSPS) is 18.6. The van der Waals surface area contributed by atoms with E-state index < -0.39 is 0 Å². The molecule has 0 radical (unpaired) electrons. The second-order valence-corrected chi connectivity index (χ2v) is 4.85. The van der Waals surface area contributed by atoms with E-state index in [1.54, 1.807) is 0 Å². The molecule has 4 nitrogen and oxygen atoms in total. The molecule has 0 amide bonds. The molecule has 0 saturated heterocycles. The van der Waals surface area contributed by atoms with E-state index in [9.17, 15) is 0 Å². The summed E-state index contributed by atoms with van der Waals surface area (Å²) >= 11 is 0. The number of benzene rings is 1. The lowest BCUT2D eigenvalue weighted by atomic mass is 10.0. The molecular formula is C15H23N3O. The number of aliphatic imine (C=N–C) groups is 1. The first-order valence-corrected chi connectivity index (χ1v) is 7.09. The lowest BCUT2D eigenvalue weighted by molar-refractivity contribution is 0.262. The molecule has 1 aromatic rings. The third kappa shape index (κ3) is 3.88. The maximum Gasteiger partial charge on any atom is 0.189 e. The van der Waals surface area contributed by atoms with Crippen LogP contribution in [-0.2, 0) is 0 Å². The van der Waals surface area contributed by atoms with Crippen LogP contribution in [-0.4, -0.2) is 19.1 Å². The van der Waals surface area contributed by atoms with Crippen molar-refractivity contribution in [3.63, 3.8) is 0 Å². The van der Waals surface area contributed by atoms with Crippen molar-refractivity contribution in [1.29, 1.82) is 0 Å². The van der Waals surface area contributed by atoms with Crippen LogP contribution in [0.3, 0.4) is 0 Å². The Hall–Kier alpha value is -1.71. The average molecular weight is 261 g/mol. The number of unbranched alkanes of at least 4 members (excludes halogenated alkanes) is 2. The fourth-order valence-electron chi connectivity index (χ4n) is 2.28. The summed E-state index contributed by atoms with van der Waals surface area (Å²) < 4.78 is 5.63. The maximum absolute atomic E-state index is 5.94. The van der Waals surface area contributed by atoms with Gasteiger partial charge in [-0.1, -0.05) is 38.0 Å². The highest BCUT2D eigenvalue weighted by Crippen LogP contribution is 2.31. The monoisotopic (exact) mass is 261 g/mol. The van der Waals surface area contributed by atoms with Gasteiger partial charge in [-0.05, 0) is 12.5 Å². The van der Waals surface area contributed by atoms with Crippen LogP contribution in [0.25, 0.3) is 0 Å². The van der Waals surface area contributed by atoms with Crippen LogP contribution in [0.5, 0.6) is 5.75 Å². The second kappa shape index (κ2) is 7.02. The van der Waals surface area contributed by atoms with Gasteiger partial charge in [-0.15, -0.1) is 0 Å². The summed E-state index contributed by atoms with van der Waals surface area (Å²) in [5.41, 5.74) is 7.11. The average Bonchev–Trinajstić information content (AvgIpc) is 2.44. The summed E-state index contributed by atoms with van der Waals surface area (Å²) in [6.07, 6.45) is 4.43. The molecule has 1 heterocycles. The number of para-hydroxylation sites is 1. The predicted molar refractivity (Wildman–Crippen MR) is 78.4 cm³/mol. The van der Waals surface area contributed by atoms with Gasteiger partial charge in [0.2, 0.25) is 0 Å². The standard InChI is InChI=1S/C15H23N3O/c1-2-3-6-10-17-15(16)18-13-9-11-19-14-8-5-4-7-12(13)14/h4-5,7-8,13H,2-3,6,9-11H2,1H3,(H3,16,17,18). The van der Waals surface area contributed by atoms with Crippen molar-refractivity contribution in [1.82, 2.24) is 5.32 Å². The molecule has 0 bridgehead atoms. The lowest BCUT2D eigenvalue weighted by Crippen LogP contribution is -2.37. The van der Waals surface area contributed by atoms with Crippen molar-refractivity contribution >= 4 is 5.96 Å². The summed E-state index contributed by atoms with van der Waals surface area (Å²) in [6.45, 7) is 3.71. The Morgan fingerprint density at radius 3 is 3.11 bits per heavy atom. The molecule has 4 heteroatoms. The number of ether oxygens (including phenoxy) is 1. The first-order chi connectivity index (χ1) is 9.31. The van der Waals surface area contributed by atoms with E-state index in [1.165, 1.54) is 18.4 Å². The molecule has 1 atom stereocenters. The Bertz CT molecular complexity index is 431. The molecule has 19 heavy (non-hydrogen) atoms. The highest BCUT2D eigenvalue weighted by Gasteiger charge is 2.20. The topological polar surface area (TPSA) is 59.6 Å². The molecule has 3 N–H and O–H groups in total. The number of hydrogen-bond acceptors (Lipinski definition) is 2. The number of nitrogens with zero attached hydrogens (tertiary/aromatic N) is 1. The van der Waals surface area contributed by atoms with Gasteiger partial charge in [-0.3, -0.25) is 4.99 Å². The highest BCUT2D eigenvalue weighted by atomic mass is 16.5. The first-order valence-electron chi connectivity index (χ1n) is 7.09. The van der Waals surface area contributed by atoms with E-state index in [2.05, 4.69) is 23.3 Å². The zero-order valence-corrected chi connectivity index (χ0v) is 11.6. The molecule has 1 aromatic carbocycles. The van der Waals surface area contributed by atoms with Gasteiger partial charge < -0.3 is 15.8 Å². The van der Waals surface area contributed by atoms with Gasteiger partial charge in [0.1, 0.15) is 5.75 Å². The number of nitrogens with two attached hydrogens (primary N) is 1. The summed E-state index contributed by atoms with van der Waals surface area (Å²) in [5.74, 6) is 1.49. The number of rotatable bonds is 5. The van der Waals surface area contributed by atoms with Gasteiger partial charge in [0.15, 0.2) is 5.96 Å². The summed E-state index contributed by atoms with van der Waals surface area (Å²) in [6, 6.07) is 8.30. The third-order valence-corrected chi connectivity index (χ3v) is 3.32.